The number of aromatic nitrogens is 4. The molecule has 3 heterocycles. The smallest absolute Gasteiger partial charge is 0.341 e. The standard InChI is InChI=1S/C21H18FN5O3/c1-3-30-21(29)16-12-23-27-9-8-15(10-18(16)27)24-20(28)19-11-17(25-26(19)2)13-4-6-14(22)7-5-13/h4-12H,3H2,1-2H3,(H,24,28). The number of pyridine rings is 1. The first-order chi connectivity index (χ1) is 14.5. The zero-order valence-electron chi connectivity index (χ0n) is 16.3. The van der Waals surface area contributed by atoms with E-state index in [2.05, 4.69) is 15.5 Å². The summed E-state index contributed by atoms with van der Waals surface area (Å²) in [5.74, 6) is -1.20. The number of carbonyl (C=O) groups excluding carboxylic acids is 2. The highest BCUT2D eigenvalue weighted by Gasteiger charge is 2.17. The highest BCUT2D eigenvalue weighted by Crippen LogP contribution is 2.21. The number of amides is 1. The number of carbonyl (C=O) groups is 2. The molecule has 0 spiro atoms. The molecule has 1 N–H and O–H groups in total. The Bertz CT molecular complexity index is 1240. The molecule has 4 aromatic rings. The van der Waals surface area contributed by atoms with Crippen molar-refractivity contribution in [2.75, 3.05) is 11.9 Å². The van der Waals surface area contributed by atoms with Crippen LogP contribution in [0.4, 0.5) is 10.1 Å². The molecule has 0 atom stereocenters. The number of halogens is 1. The first-order valence-electron chi connectivity index (χ1n) is 9.22. The molecule has 0 aliphatic rings. The molecule has 0 aliphatic carbocycles. The maximum absolute atomic E-state index is 13.1. The van der Waals surface area contributed by atoms with Gasteiger partial charge in [-0.25, -0.2) is 13.7 Å². The summed E-state index contributed by atoms with van der Waals surface area (Å²) in [5, 5.41) is 11.3. The van der Waals surface area contributed by atoms with Gasteiger partial charge in [-0.2, -0.15) is 10.2 Å². The van der Waals surface area contributed by atoms with E-state index in [1.807, 2.05) is 0 Å². The van der Waals surface area contributed by atoms with E-state index in [4.69, 9.17) is 4.74 Å². The fraction of sp³-hybridized carbons (Fsp3) is 0.143. The summed E-state index contributed by atoms with van der Waals surface area (Å²) in [7, 11) is 1.65. The Morgan fingerprint density at radius 1 is 1.17 bits per heavy atom. The number of fused-ring (bicyclic) bond motifs is 1. The number of aryl methyl sites for hydroxylation is 1. The van der Waals surface area contributed by atoms with E-state index in [0.717, 1.165) is 0 Å². The van der Waals surface area contributed by atoms with Crippen molar-refractivity contribution in [3.05, 3.63) is 71.9 Å². The predicted molar refractivity (Wildman–Crippen MR) is 108 cm³/mol. The van der Waals surface area contributed by atoms with E-state index in [1.165, 1.54) is 27.5 Å². The van der Waals surface area contributed by atoms with Crippen molar-refractivity contribution < 1.29 is 18.7 Å². The molecule has 1 aromatic carbocycles. The minimum atomic E-state index is -0.480. The van der Waals surface area contributed by atoms with E-state index < -0.39 is 5.97 Å². The molecule has 0 unspecified atom stereocenters. The average Bonchev–Trinajstić information content (AvgIpc) is 3.32. The van der Waals surface area contributed by atoms with Crippen molar-refractivity contribution in [1.82, 2.24) is 19.4 Å². The molecular weight excluding hydrogens is 389 g/mol. The van der Waals surface area contributed by atoms with Crippen LogP contribution in [0.5, 0.6) is 0 Å². The highest BCUT2D eigenvalue weighted by molar-refractivity contribution is 6.04. The monoisotopic (exact) mass is 407 g/mol. The van der Waals surface area contributed by atoms with Crippen LogP contribution in [0, 0.1) is 5.82 Å². The average molecular weight is 407 g/mol. The molecule has 0 fully saturated rings. The maximum Gasteiger partial charge on any atom is 0.341 e. The summed E-state index contributed by atoms with van der Waals surface area (Å²) in [4.78, 5) is 24.9. The fourth-order valence-corrected chi connectivity index (χ4v) is 3.06. The lowest BCUT2D eigenvalue weighted by atomic mass is 10.1. The minimum Gasteiger partial charge on any atom is -0.462 e. The van der Waals surface area contributed by atoms with Gasteiger partial charge in [-0.05, 0) is 49.4 Å². The van der Waals surface area contributed by atoms with Crippen molar-refractivity contribution in [3.8, 4) is 11.3 Å². The number of hydrogen-bond donors (Lipinski definition) is 1. The summed E-state index contributed by atoms with van der Waals surface area (Å²) in [5.41, 5.74) is 2.90. The first-order valence-corrected chi connectivity index (χ1v) is 9.22. The summed E-state index contributed by atoms with van der Waals surface area (Å²) >= 11 is 0. The molecule has 0 aliphatic heterocycles. The first kappa shape index (κ1) is 19.3. The zero-order valence-corrected chi connectivity index (χ0v) is 16.3. The Labute approximate surface area is 170 Å². The number of benzene rings is 1. The van der Waals surface area contributed by atoms with Crippen LogP contribution < -0.4 is 5.32 Å². The minimum absolute atomic E-state index is 0.253. The molecule has 4 rings (SSSR count). The van der Waals surface area contributed by atoms with Crippen molar-refractivity contribution in [2.45, 2.75) is 6.92 Å². The van der Waals surface area contributed by atoms with Crippen LogP contribution in [0.3, 0.4) is 0 Å². The van der Waals surface area contributed by atoms with Crippen LogP contribution in [-0.4, -0.2) is 37.9 Å². The molecule has 152 valence electrons. The van der Waals surface area contributed by atoms with Gasteiger partial charge in [0, 0.05) is 24.5 Å². The normalized spacial score (nSPS) is 10.9. The third-order valence-corrected chi connectivity index (χ3v) is 4.53. The van der Waals surface area contributed by atoms with Gasteiger partial charge in [0.25, 0.3) is 5.91 Å². The fourth-order valence-electron chi connectivity index (χ4n) is 3.06. The summed E-state index contributed by atoms with van der Waals surface area (Å²) in [6, 6.07) is 10.8. The van der Waals surface area contributed by atoms with Crippen LogP contribution in [0.2, 0.25) is 0 Å². The lowest BCUT2D eigenvalue weighted by molar-refractivity contribution is 0.0528. The molecule has 0 bridgehead atoms. The molecule has 0 radical (unpaired) electrons. The Hall–Kier alpha value is -4.01. The van der Waals surface area contributed by atoms with E-state index in [-0.39, 0.29) is 18.3 Å². The van der Waals surface area contributed by atoms with Gasteiger partial charge in [-0.3, -0.25) is 9.48 Å². The third kappa shape index (κ3) is 3.64. The molecular formula is C21H18FN5O3. The number of esters is 1. The lowest BCUT2D eigenvalue weighted by Gasteiger charge is -2.06. The Balaban J connectivity index is 1.59. The van der Waals surface area contributed by atoms with Gasteiger partial charge in [0.1, 0.15) is 17.1 Å². The summed E-state index contributed by atoms with van der Waals surface area (Å²) < 4.78 is 21.2. The largest absolute Gasteiger partial charge is 0.462 e. The summed E-state index contributed by atoms with van der Waals surface area (Å²) in [6.07, 6.45) is 3.07. The third-order valence-electron chi connectivity index (χ3n) is 4.53. The Morgan fingerprint density at radius 2 is 1.93 bits per heavy atom. The van der Waals surface area contributed by atoms with Gasteiger partial charge in [0.2, 0.25) is 0 Å². The van der Waals surface area contributed by atoms with Crippen LogP contribution in [-0.2, 0) is 11.8 Å². The van der Waals surface area contributed by atoms with Gasteiger partial charge in [0.05, 0.1) is 24.0 Å². The number of nitrogens with zero attached hydrogens (tertiary/aromatic N) is 4. The SMILES string of the molecule is CCOC(=O)c1cnn2ccc(NC(=O)c3cc(-c4ccc(F)cc4)nn3C)cc12. The maximum atomic E-state index is 13.1. The molecule has 9 heteroatoms. The highest BCUT2D eigenvalue weighted by atomic mass is 19.1. The van der Waals surface area contributed by atoms with Gasteiger partial charge in [0.15, 0.2) is 0 Å². The van der Waals surface area contributed by atoms with Crippen molar-refractivity contribution >= 4 is 23.1 Å². The molecule has 1 amide bonds. The second-order valence-electron chi connectivity index (χ2n) is 6.52. The molecule has 0 saturated carbocycles. The lowest BCUT2D eigenvalue weighted by Crippen LogP contribution is -2.16. The predicted octanol–water partition coefficient (Wildman–Crippen LogP) is 3.30. The molecule has 3 aromatic heterocycles. The number of rotatable bonds is 5. The van der Waals surface area contributed by atoms with Crippen LogP contribution in [0.25, 0.3) is 16.8 Å². The van der Waals surface area contributed by atoms with Gasteiger partial charge in [-0.1, -0.05) is 0 Å². The van der Waals surface area contributed by atoms with E-state index in [1.54, 1.807) is 50.5 Å². The quantitative estimate of drug-likeness (QED) is 0.513. The van der Waals surface area contributed by atoms with E-state index >= 15 is 0 Å². The van der Waals surface area contributed by atoms with Gasteiger partial charge in [-0.15, -0.1) is 0 Å². The topological polar surface area (TPSA) is 90.5 Å². The van der Waals surface area contributed by atoms with Gasteiger partial charge < -0.3 is 10.1 Å². The second-order valence-corrected chi connectivity index (χ2v) is 6.52. The summed E-state index contributed by atoms with van der Waals surface area (Å²) in [6.45, 7) is 1.98. The Kier molecular flexibility index (Phi) is 5.01. The number of nitrogens with one attached hydrogen (secondary N) is 1. The van der Waals surface area contributed by atoms with Crippen molar-refractivity contribution in [1.29, 1.82) is 0 Å². The molecule has 30 heavy (non-hydrogen) atoms. The van der Waals surface area contributed by atoms with E-state index in [0.29, 0.717) is 33.7 Å². The van der Waals surface area contributed by atoms with Crippen LogP contribution >= 0.6 is 0 Å². The molecule has 8 nitrogen and oxygen atoms in total. The number of hydrogen-bond acceptors (Lipinski definition) is 5. The Morgan fingerprint density at radius 3 is 2.67 bits per heavy atom. The van der Waals surface area contributed by atoms with E-state index in [9.17, 15) is 14.0 Å². The van der Waals surface area contributed by atoms with Gasteiger partial charge >= 0.3 is 5.97 Å². The number of ether oxygens (including phenoxy) is 1. The van der Waals surface area contributed by atoms with Crippen LogP contribution in [0.15, 0.2) is 54.9 Å². The second kappa shape index (κ2) is 7.78. The van der Waals surface area contributed by atoms with Crippen molar-refractivity contribution in [2.24, 2.45) is 7.05 Å². The molecule has 0 saturated heterocycles. The number of anilines is 1. The zero-order chi connectivity index (χ0) is 21.3. The van der Waals surface area contributed by atoms with Crippen molar-refractivity contribution in [3.63, 3.8) is 0 Å². The van der Waals surface area contributed by atoms with Crippen LogP contribution in [0.1, 0.15) is 27.8 Å².